The first-order valence-electron chi connectivity index (χ1n) is 11.7. The van der Waals surface area contributed by atoms with Crippen LogP contribution in [0, 0.1) is 5.92 Å². The molecular formula is C26H30N2O6. The minimum atomic E-state index is -0.983. The lowest BCUT2D eigenvalue weighted by Gasteiger charge is -2.25. The van der Waals surface area contributed by atoms with Crippen molar-refractivity contribution < 1.29 is 29.0 Å². The van der Waals surface area contributed by atoms with E-state index in [1.165, 1.54) is 4.90 Å². The first-order valence-corrected chi connectivity index (χ1v) is 11.7. The zero-order valence-electron chi connectivity index (χ0n) is 19.2. The molecule has 2 aromatic carbocycles. The molecule has 2 aromatic rings. The van der Waals surface area contributed by atoms with Crippen molar-refractivity contribution in [1.29, 1.82) is 0 Å². The van der Waals surface area contributed by atoms with Gasteiger partial charge in [0.1, 0.15) is 6.61 Å². The number of hydrogen-bond acceptors (Lipinski definition) is 5. The summed E-state index contributed by atoms with van der Waals surface area (Å²) in [5, 5.41) is 12.1. The van der Waals surface area contributed by atoms with Crippen LogP contribution in [-0.2, 0) is 19.1 Å². The van der Waals surface area contributed by atoms with Crippen LogP contribution in [0.5, 0.6) is 0 Å². The van der Waals surface area contributed by atoms with Gasteiger partial charge in [-0.2, -0.15) is 0 Å². The van der Waals surface area contributed by atoms with E-state index in [9.17, 15) is 19.5 Å². The SMILES string of the molecule is CCC(CC(=O)N1CCOCC(C(=O)O)C1)NC(=O)OCC1c2ccccc2-c2ccccc21. The quantitative estimate of drug-likeness (QED) is 0.649. The number of aliphatic carboxylic acids is 1. The summed E-state index contributed by atoms with van der Waals surface area (Å²) in [7, 11) is 0. The average Bonchev–Trinajstić information content (AvgIpc) is 2.98. The third-order valence-electron chi connectivity index (χ3n) is 6.55. The third-order valence-corrected chi connectivity index (χ3v) is 6.55. The molecule has 1 aliphatic carbocycles. The zero-order valence-corrected chi connectivity index (χ0v) is 19.2. The number of nitrogens with zero attached hydrogens (tertiary/aromatic N) is 1. The van der Waals surface area contributed by atoms with Crippen molar-refractivity contribution >= 4 is 18.0 Å². The molecule has 0 bridgehead atoms. The number of carbonyl (C=O) groups excluding carboxylic acids is 2. The number of benzene rings is 2. The maximum absolute atomic E-state index is 12.8. The van der Waals surface area contributed by atoms with Gasteiger partial charge in [0.05, 0.1) is 19.1 Å². The molecule has 0 radical (unpaired) electrons. The standard InChI is InChI=1S/C26H30N2O6/c1-2-18(13-24(29)28-11-12-33-15-17(14-28)25(30)31)27-26(32)34-16-23-21-9-5-3-7-19(21)20-8-4-6-10-22(20)23/h3-10,17-18,23H,2,11-16H2,1H3,(H,27,32)(H,30,31). The van der Waals surface area contributed by atoms with E-state index in [-0.39, 0.29) is 38.0 Å². The summed E-state index contributed by atoms with van der Waals surface area (Å²) in [4.78, 5) is 38.2. The van der Waals surface area contributed by atoms with Crippen LogP contribution >= 0.6 is 0 Å². The van der Waals surface area contributed by atoms with Gasteiger partial charge in [-0.1, -0.05) is 55.5 Å². The van der Waals surface area contributed by atoms with Gasteiger partial charge in [-0.3, -0.25) is 9.59 Å². The highest BCUT2D eigenvalue weighted by Crippen LogP contribution is 2.44. The van der Waals surface area contributed by atoms with E-state index in [2.05, 4.69) is 29.6 Å². The van der Waals surface area contributed by atoms with Gasteiger partial charge in [-0.15, -0.1) is 0 Å². The van der Waals surface area contributed by atoms with E-state index in [0.29, 0.717) is 19.6 Å². The number of carboxylic acid groups (broad SMARTS) is 1. The topological polar surface area (TPSA) is 105 Å². The van der Waals surface area contributed by atoms with Crippen LogP contribution in [0.25, 0.3) is 11.1 Å². The summed E-state index contributed by atoms with van der Waals surface area (Å²) in [6.07, 6.45) is 0.0551. The molecule has 1 fully saturated rings. The average molecular weight is 467 g/mol. The predicted molar refractivity (Wildman–Crippen MR) is 125 cm³/mol. The Balaban J connectivity index is 1.33. The first kappa shape index (κ1) is 23.8. The Morgan fingerprint density at radius 3 is 2.38 bits per heavy atom. The van der Waals surface area contributed by atoms with E-state index >= 15 is 0 Å². The summed E-state index contributed by atoms with van der Waals surface area (Å²) in [6, 6.07) is 15.8. The second-order valence-corrected chi connectivity index (χ2v) is 8.73. The van der Waals surface area contributed by atoms with Crippen LogP contribution in [0.15, 0.2) is 48.5 Å². The molecule has 1 heterocycles. The van der Waals surface area contributed by atoms with Crippen LogP contribution < -0.4 is 5.32 Å². The molecule has 0 spiro atoms. The van der Waals surface area contributed by atoms with Crippen molar-refractivity contribution in [2.24, 2.45) is 5.92 Å². The summed E-state index contributed by atoms with van der Waals surface area (Å²) in [6.45, 7) is 2.92. The van der Waals surface area contributed by atoms with Crippen LogP contribution in [0.4, 0.5) is 4.79 Å². The van der Waals surface area contributed by atoms with Gasteiger partial charge < -0.3 is 24.8 Å². The van der Waals surface area contributed by atoms with E-state index in [1.807, 2.05) is 31.2 Å². The highest BCUT2D eigenvalue weighted by atomic mass is 16.5. The number of carboxylic acids is 1. The largest absolute Gasteiger partial charge is 0.481 e. The zero-order chi connectivity index (χ0) is 24.1. The first-order chi connectivity index (χ1) is 16.5. The maximum atomic E-state index is 12.8. The van der Waals surface area contributed by atoms with Gasteiger partial charge >= 0.3 is 12.1 Å². The van der Waals surface area contributed by atoms with Crippen molar-refractivity contribution in [1.82, 2.24) is 10.2 Å². The molecule has 0 aromatic heterocycles. The van der Waals surface area contributed by atoms with Crippen molar-refractivity contribution in [3.05, 3.63) is 59.7 Å². The maximum Gasteiger partial charge on any atom is 0.407 e. The molecule has 2 unspecified atom stereocenters. The number of alkyl carbamates (subject to hydrolysis) is 1. The van der Waals surface area contributed by atoms with E-state index in [0.717, 1.165) is 22.3 Å². The second-order valence-electron chi connectivity index (χ2n) is 8.73. The van der Waals surface area contributed by atoms with Crippen LogP contribution in [0.2, 0.25) is 0 Å². The smallest absolute Gasteiger partial charge is 0.407 e. The lowest BCUT2D eigenvalue weighted by molar-refractivity contribution is -0.144. The molecule has 2 N–H and O–H groups in total. The van der Waals surface area contributed by atoms with Crippen molar-refractivity contribution in [3.8, 4) is 11.1 Å². The van der Waals surface area contributed by atoms with Gasteiger partial charge in [-0.25, -0.2) is 4.79 Å². The molecule has 8 nitrogen and oxygen atoms in total. The predicted octanol–water partition coefficient (Wildman–Crippen LogP) is 3.25. The number of hydrogen-bond donors (Lipinski definition) is 2. The van der Waals surface area contributed by atoms with Gasteiger partial charge in [-0.05, 0) is 28.7 Å². The van der Waals surface area contributed by atoms with Gasteiger partial charge in [0.25, 0.3) is 0 Å². The Kier molecular flexibility index (Phi) is 7.47. The minimum absolute atomic E-state index is 0.0371. The molecule has 0 saturated carbocycles. The molecule has 4 rings (SSSR count). The number of fused-ring (bicyclic) bond motifs is 3. The number of amides is 2. The van der Waals surface area contributed by atoms with Crippen molar-refractivity contribution in [2.75, 3.05) is 32.9 Å². The van der Waals surface area contributed by atoms with Crippen molar-refractivity contribution in [2.45, 2.75) is 31.7 Å². The third kappa shape index (κ3) is 5.22. The van der Waals surface area contributed by atoms with Crippen LogP contribution in [-0.4, -0.2) is 66.9 Å². The Morgan fingerprint density at radius 1 is 1.12 bits per heavy atom. The Labute approximate surface area is 198 Å². The summed E-state index contributed by atoms with van der Waals surface area (Å²) in [5.41, 5.74) is 4.58. The summed E-state index contributed by atoms with van der Waals surface area (Å²) >= 11 is 0. The summed E-state index contributed by atoms with van der Waals surface area (Å²) in [5.74, 6) is -1.97. The lowest BCUT2D eigenvalue weighted by Crippen LogP contribution is -2.43. The minimum Gasteiger partial charge on any atom is -0.481 e. The molecule has 1 aliphatic heterocycles. The Hall–Kier alpha value is -3.39. The molecule has 2 aliphatic rings. The van der Waals surface area contributed by atoms with E-state index < -0.39 is 24.0 Å². The number of rotatable bonds is 7. The molecule has 180 valence electrons. The van der Waals surface area contributed by atoms with Gasteiger partial charge in [0.2, 0.25) is 5.91 Å². The highest BCUT2D eigenvalue weighted by Gasteiger charge is 2.30. The van der Waals surface area contributed by atoms with Gasteiger partial charge in [0.15, 0.2) is 0 Å². The fourth-order valence-electron chi connectivity index (χ4n) is 4.63. The molecule has 8 heteroatoms. The van der Waals surface area contributed by atoms with E-state index in [1.54, 1.807) is 0 Å². The number of carbonyl (C=O) groups is 3. The monoisotopic (exact) mass is 466 g/mol. The lowest BCUT2D eigenvalue weighted by atomic mass is 9.98. The molecular weight excluding hydrogens is 436 g/mol. The second kappa shape index (κ2) is 10.7. The number of ether oxygens (including phenoxy) is 2. The Morgan fingerprint density at radius 2 is 1.76 bits per heavy atom. The molecule has 2 atom stereocenters. The fraction of sp³-hybridized carbons (Fsp3) is 0.423. The van der Waals surface area contributed by atoms with Gasteiger partial charge in [0, 0.05) is 31.5 Å². The van der Waals surface area contributed by atoms with Crippen molar-refractivity contribution in [3.63, 3.8) is 0 Å². The Bertz CT molecular complexity index is 1010. The molecule has 1 saturated heterocycles. The number of nitrogens with one attached hydrogen (secondary N) is 1. The van der Waals surface area contributed by atoms with Crippen LogP contribution in [0.3, 0.4) is 0 Å². The normalized spacial score (nSPS) is 18.4. The highest BCUT2D eigenvalue weighted by molar-refractivity contribution is 5.80. The van der Waals surface area contributed by atoms with E-state index in [4.69, 9.17) is 9.47 Å². The fourth-order valence-corrected chi connectivity index (χ4v) is 4.63. The molecule has 34 heavy (non-hydrogen) atoms. The van der Waals surface area contributed by atoms with Crippen LogP contribution in [0.1, 0.15) is 36.8 Å². The molecule has 2 amide bonds. The summed E-state index contributed by atoms with van der Waals surface area (Å²) < 4.78 is 10.9.